The Hall–Kier alpha value is -3.59. The molecule has 0 radical (unpaired) electrons. The minimum atomic E-state index is -0.591. The average molecular weight is 334 g/mol. The zero-order chi connectivity index (χ0) is 18.4. The van der Waals surface area contributed by atoms with Crippen LogP contribution in [0.2, 0.25) is 0 Å². The van der Waals surface area contributed by atoms with Crippen molar-refractivity contribution in [1.29, 1.82) is 5.26 Å². The maximum atomic E-state index is 12.2. The third-order valence-corrected chi connectivity index (χ3v) is 3.52. The summed E-state index contributed by atoms with van der Waals surface area (Å²) in [7, 11) is 0. The van der Waals surface area contributed by atoms with Crippen molar-refractivity contribution in [2.24, 2.45) is 0 Å². The number of nitrogens with two attached hydrogens (primary N) is 1. The van der Waals surface area contributed by atoms with Crippen molar-refractivity contribution in [1.82, 2.24) is 5.32 Å². The number of nitriles is 1. The predicted octanol–water partition coefficient (Wildman–Crippen LogP) is 2.66. The molecule has 0 bridgehead atoms. The molecule has 25 heavy (non-hydrogen) atoms. The van der Waals surface area contributed by atoms with Gasteiger partial charge in [0.05, 0.1) is 0 Å². The summed E-state index contributed by atoms with van der Waals surface area (Å²) in [5, 5.41) is 14.3. The summed E-state index contributed by atoms with van der Waals surface area (Å²) in [5.41, 5.74) is 8.84. The quantitative estimate of drug-likeness (QED) is 0.454. The van der Waals surface area contributed by atoms with Crippen molar-refractivity contribution in [3.8, 4) is 6.07 Å². The Kier molecular flexibility index (Phi) is 5.54. The van der Waals surface area contributed by atoms with Gasteiger partial charge >= 0.3 is 0 Å². The molecule has 2 rings (SSSR count). The Labute approximate surface area is 146 Å². The van der Waals surface area contributed by atoms with Crippen molar-refractivity contribution in [3.63, 3.8) is 0 Å². The lowest BCUT2D eigenvalue weighted by molar-refractivity contribution is -0.112. The van der Waals surface area contributed by atoms with Crippen molar-refractivity contribution in [2.45, 2.75) is 13.8 Å². The monoisotopic (exact) mass is 334 g/mol. The lowest BCUT2D eigenvalue weighted by atomic mass is 10.1. The van der Waals surface area contributed by atoms with E-state index in [1.54, 1.807) is 36.4 Å². The van der Waals surface area contributed by atoms with Gasteiger partial charge in [-0.05, 0) is 49.7 Å². The highest BCUT2D eigenvalue weighted by molar-refractivity contribution is 6.07. The molecule has 2 aromatic rings. The number of rotatable bonds is 4. The van der Waals surface area contributed by atoms with Crippen LogP contribution in [-0.2, 0) is 4.79 Å². The van der Waals surface area contributed by atoms with Gasteiger partial charge in [-0.2, -0.15) is 5.26 Å². The van der Waals surface area contributed by atoms with Crippen LogP contribution in [-0.4, -0.2) is 11.8 Å². The molecule has 0 spiro atoms. The minimum absolute atomic E-state index is 0.205. The van der Waals surface area contributed by atoms with Crippen LogP contribution in [0.1, 0.15) is 21.5 Å². The van der Waals surface area contributed by atoms with Crippen LogP contribution in [0.25, 0.3) is 0 Å². The molecule has 0 fully saturated rings. The molecule has 0 atom stereocenters. The van der Waals surface area contributed by atoms with Crippen molar-refractivity contribution >= 4 is 23.2 Å². The summed E-state index contributed by atoms with van der Waals surface area (Å²) in [6.07, 6.45) is 1.09. The number of nitrogens with zero attached hydrogens (tertiary/aromatic N) is 1. The number of nitrogens with one attached hydrogen (secondary N) is 2. The summed E-state index contributed by atoms with van der Waals surface area (Å²) in [6, 6.07) is 13.6. The highest BCUT2D eigenvalue weighted by atomic mass is 16.2. The first-order valence-corrected chi connectivity index (χ1v) is 7.56. The van der Waals surface area contributed by atoms with E-state index in [4.69, 9.17) is 11.0 Å². The van der Waals surface area contributed by atoms with Crippen LogP contribution in [0.5, 0.6) is 0 Å². The van der Waals surface area contributed by atoms with Gasteiger partial charge in [-0.25, -0.2) is 0 Å². The standard InChI is InChI=1S/C19H18N4O2/c1-12-3-8-17(13(2)9-12)23-19(25)15(10-20)11-22-18(24)14-4-6-16(21)7-5-14/h3-9,11H,21H2,1-2H3,(H,22,24)(H,23,25)/b15-11-. The van der Waals surface area contributed by atoms with Crippen LogP contribution in [0, 0.1) is 25.2 Å². The number of carbonyl (C=O) groups is 2. The molecule has 6 nitrogen and oxygen atoms in total. The molecule has 0 aromatic heterocycles. The molecule has 2 amide bonds. The Bertz CT molecular complexity index is 877. The Morgan fingerprint density at radius 2 is 1.80 bits per heavy atom. The van der Waals surface area contributed by atoms with Crippen LogP contribution >= 0.6 is 0 Å². The third-order valence-electron chi connectivity index (χ3n) is 3.52. The second kappa shape index (κ2) is 7.79. The Morgan fingerprint density at radius 3 is 2.40 bits per heavy atom. The normalized spacial score (nSPS) is 10.7. The molecule has 0 aliphatic rings. The van der Waals surface area contributed by atoms with Gasteiger partial charge in [-0.3, -0.25) is 9.59 Å². The van der Waals surface area contributed by atoms with Crippen molar-refractivity contribution in [2.75, 3.05) is 11.1 Å². The number of hydrogen-bond donors (Lipinski definition) is 3. The lowest BCUT2D eigenvalue weighted by Crippen LogP contribution is -2.21. The number of amides is 2. The van der Waals surface area contributed by atoms with E-state index in [1.165, 1.54) is 0 Å². The molecule has 4 N–H and O–H groups in total. The van der Waals surface area contributed by atoms with Gasteiger partial charge in [-0.15, -0.1) is 0 Å². The maximum Gasteiger partial charge on any atom is 0.267 e. The number of anilines is 2. The Balaban J connectivity index is 2.08. The van der Waals surface area contributed by atoms with E-state index in [9.17, 15) is 9.59 Å². The van der Waals surface area contributed by atoms with E-state index < -0.39 is 11.8 Å². The first-order chi connectivity index (χ1) is 11.9. The van der Waals surface area contributed by atoms with Crippen LogP contribution in [0.4, 0.5) is 11.4 Å². The fraction of sp³-hybridized carbons (Fsp3) is 0.105. The topological polar surface area (TPSA) is 108 Å². The van der Waals surface area contributed by atoms with E-state index in [-0.39, 0.29) is 5.57 Å². The number of benzene rings is 2. The lowest BCUT2D eigenvalue weighted by Gasteiger charge is -2.08. The molecular weight excluding hydrogens is 316 g/mol. The fourth-order valence-corrected chi connectivity index (χ4v) is 2.15. The first-order valence-electron chi connectivity index (χ1n) is 7.56. The summed E-state index contributed by atoms with van der Waals surface area (Å²) >= 11 is 0. The molecule has 0 saturated carbocycles. The number of nitrogen functional groups attached to an aromatic ring is 1. The van der Waals surface area contributed by atoms with Crippen LogP contribution in [0.15, 0.2) is 54.2 Å². The van der Waals surface area contributed by atoms with Gasteiger partial charge in [0, 0.05) is 23.1 Å². The zero-order valence-electron chi connectivity index (χ0n) is 14.0. The number of aryl methyl sites for hydroxylation is 2. The van der Waals surface area contributed by atoms with Gasteiger partial charge in [0.2, 0.25) is 0 Å². The maximum absolute atomic E-state index is 12.2. The SMILES string of the molecule is Cc1ccc(NC(=O)/C(C#N)=C\NC(=O)c2ccc(N)cc2)c(C)c1. The van der Waals surface area contributed by atoms with Crippen molar-refractivity contribution in [3.05, 3.63) is 70.9 Å². The molecule has 0 heterocycles. The average Bonchev–Trinajstić information content (AvgIpc) is 2.58. The summed E-state index contributed by atoms with van der Waals surface area (Å²) in [4.78, 5) is 24.2. The summed E-state index contributed by atoms with van der Waals surface area (Å²) < 4.78 is 0. The minimum Gasteiger partial charge on any atom is -0.399 e. The van der Waals surface area contributed by atoms with E-state index in [1.807, 2.05) is 26.0 Å². The van der Waals surface area contributed by atoms with Crippen molar-refractivity contribution < 1.29 is 9.59 Å². The number of hydrogen-bond acceptors (Lipinski definition) is 4. The summed E-state index contributed by atoms with van der Waals surface area (Å²) in [5.74, 6) is -1.03. The molecule has 0 aliphatic heterocycles. The van der Waals surface area contributed by atoms with E-state index in [0.29, 0.717) is 16.9 Å². The molecular formula is C19H18N4O2. The molecule has 0 unspecified atom stereocenters. The molecule has 126 valence electrons. The third kappa shape index (κ3) is 4.69. The van der Waals surface area contributed by atoms with E-state index in [2.05, 4.69) is 10.6 Å². The molecule has 0 aliphatic carbocycles. The zero-order valence-corrected chi connectivity index (χ0v) is 14.0. The summed E-state index contributed by atoms with van der Waals surface area (Å²) in [6.45, 7) is 3.81. The number of carbonyl (C=O) groups excluding carboxylic acids is 2. The van der Waals surface area contributed by atoms with E-state index in [0.717, 1.165) is 17.3 Å². The van der Waals surface area contributed by atoms with Gasteiger partial charge in [0.25, 0.3) is 11.8 Å². The molecule has 0 saturated heterocycles. The largest absolute Gasteiger partial charge is 0.399 e. The second-order valence-electron chi connectivity index (χ2n) is 5.54. The van der Waals surface area contributed by atoms with Gasteiger partial charge in [0.15, 0.2) is 0 Å². The highest BCUT2D eigenvalue weighted by Gasteiger charge is 2.12. The van der Waals surface area contributed by atoms with E-state index >= 15 is 0 Å². The van der Waals surface area contributed by atoms with Crippen LogP contribution < -0.4 is 16.4 Å². The highest BCUT2D eigenvalue weighted by Crippen LogP contribution is 2.16. The first kappa shape index (κ1) is 17.8. The fourth-order valence-electron chi connectivity index (χ4n) is 2.15. The Morgan fingerprint density at radius 1 is 1.12 bits per heavy atom. The molecule has 6 heteroatoms. The predicted molar refractivity (Wildman–Crippen MR) is 96.6 cm³/mol. The van der Waals surface area contributed by atoms with Gasteiger partial charge in [-0.1, -0.05) is 17.7 Å². The van der Waals surface area contributed by atoms with Gasteiger partial charge < -0.3 is 16.4 Å². The molecule has 2 aromatic carbocycles. The van der Waals surface area contributed by atoms with Crippen LogP contribution in [0.3, 0.4) is 0 Å². The smallest absolute Gasteiger partial charge is 0.267 e. The van der Waals surface area contributed by atoms with Gasteiger partial charge in [0.1, 0.15) is 11.6 Å². The second-order valence-corrected chi connectivity index (χ2v) is 5.54.